The average Bonchev–Trinajstić information content (AvgIpc) is 3.49. The number of thiazole rings is 1. The van der Waals surface area contributed by atoms with Crippen LogP contribution in [0, 0.1) is 0 Å². The third kappa shape index (κ3) is 9.29. The third-order valence-electron chi connectivity index (χ3n) is 7.52. The van der Waals surface area contributed by atoms with Crippen molar-refractivity contribution in [2.24, 2.45) is 5.10 Å². The number of para-hydroxylation sites is 1. The van der Waals surface area contributed by atoms with Gasteiger partial charge in [-0.3, -0.25) is 4.79 Å². The zero-order valence-corrected chi connectivity index (χ0v) is 26.8. The van der Waals surface area contributed by atoms with Crippen LogP contribution in [0.15, 0.2) is 41.0 Å². The van der Waals surface area contributed by atoms with Crippen LogP contribution >= 0.6 is 11.3 Å². The summed E-state index contributed by atoms with van der Waals surface area (Å²) in [6.45, 7) is 15.2. The van der Waals surface area contributed by atoms with Gasteiger partial charge < -0.3 is 4.90 Å². The van der Waals surface area contributed by atoms with Gasteiger partial charge in [0.05, 0.1) is 27.5 Å². The van der Waals surface area contributed by atoms with Crippen LogP contribution in [0.2, 0.25) is 0 Å². The summed E-state index contributed by atoms with van der Waals surface area (Å²) >= 11 is 1.74. The van der Waals surface area contributed by atoms with Crippen molar-refractivity contribution < 1.29 is 4.79 Å². The molecule has 5 nitrogen and oxygen atoms in total. The molecule has 0 aliphatic carbocycles. The van der Waals surface area contributed by atoms with Crippen LogP contribution in [0.4, 0.5) is 10.8 Å². The molecule has 220 valence electrons. The molecule has 0 bridgehead atoms. The molecule has 1 aromatic carbocycles. The molecule has 0 spiro atoms. The van der Waals surface area contributed by atoms with Crippen molar-refractivity contribution in [1.29, 1.82) is 0 Å². The van der Waals surface area contributed by atoms with Crippen LogP contribution in [-0.4, -0.2) is 29.7 Å². The Labute approximate surface area is 247 Å². The van der Waals surface area contributed by atoms with Crippen molar-refractivity contribution in [3.63, 3.8) is 0 Å². The first-order valence-electron chi connectivity index (χ1n) is 15.7. The molecule has 0 saturated heterocycles. The summed E-state index contributed by atoms with van der Waals surface area (Å²) in [7, 11) is 0. The smallest absolute Gasteiger partial charge is 0.280 e. The summed E-state index contributed by atoms with van der Waals surface area (Å²) in [4.78, 5) is 22.3. The molecule has 0 atom stereocenters. The highest BCUT2D eigenvalue weighted by atomic mass is 32.1. The van der Waals surface area contributed by atoms with Crippen molar-refractivity contribution in [1.82, 2.24) is 4.98 Å². The Balaban J connectivity index is 1.82. The van der Waals surface area contributed by atoms with Gasteiger partial charge in [0.15, 0.2) is 5.13 Å². The topological polar surface area (TPSA) is 48.8 Å². The van der Waals surface area contributed by atoms with E-state index in [1.54, 1.807) is 11.3 Å². The number of anilines is 2. The summed E-state index contributed by atoms with van der Waals surface area (Å²) in [6.07, 6.45) is 17.6. The Kier molecular flexibility index (Phi) is 12.9. The predicted octanol–water partition coefficient (Wildman–Crippen LogP) is 9.77. The van der Waals surface area contributed by atoms with E-state index < -0.39 is 0 Å². The molecule has 1 aromatic heterocycles. The number of hydrogen-bond acceptors (Lipinski definition) is 5. The zero-order chi connectivity index (χ0) is 29.0. The minimum atomic E-state index is -0.126. The van der Waals surface area contributed by atoms with Crippen molar-refractivity contribution in [3.05, 3.63) is 46.5 Å². The maximum atomic E-state index is 13.4. The van der Waals surface area contributed by atoms with Crippen LogP contribution in [0.1, 0.15) is 129 Å². The Morgan fingerprint density at radius 1 is 0.850 bits per heavy atom. The number of carbonyl (C=O) groups excluding carboxylic acids is 1. The molecular formula is C34H52N4OS. The maximum Gasteiger partial charge on any atom is 0.280 e. The number of hydrazone groups is 1. The standard InChI is InChI=1S/C34H52N4OS/c1-7-9-11-13-15-20-24-37(25-21-16-14-12-10-8-2)33-35-31(34(4,5)6)30(40-33)26-29-27(3)36-38(32(29)39)28-22-18-17-19-23-28/h17-19,22-23,26H,7-16,20-21,24-25H2,1-6H3/b29-26-. The van der Waals surface area contributed by atoms with Crippen molar-refractivity contribution >= 4 is 39.9 Å². The Bertz CT molecular complexity index is 1100. The van der Waals surface area contributed by atoms with Gasteiger partial charge in [-0.2, -0.15) is 10.1 Å². The first-order valence-corrected chi connectivity index (χ1v) is 16.5. The molecule has 0 radical (unpaired) electrons. The Morgan fingerprint density at radius 3 is 1.95 bits per heavy atom. The van der Waals surface area contributed by atoms with Gasteiger partial charge in [-0.25, -0.2) is 4.98 Å². The first kappa shape index (κ1) is 32.0. The van der Waals surface area contributed by atoms with Gasteiger partial charge in [0.25, 0.3) is 5.91 Å². The van der Waals surface area contributed by atoms with Crippen molar-refractivity contribution in [2.45, 2.75) is 124 Å². The molecular weight excluding hydrogens is 512 g/mol. The lowest BCUT2D eigenvalue weighted by Gasteiger charge is -2.22. The van der Waals surface area contributed by atoms with Gasteiger partial charge in [-0.05, 0) is 38.0 Å². The number of rotatable bonds is 17. The molecule has 6 heteroatoms. The van der Waals surface area contributed by atoms with E-state index in [-0.39, 0.29) is 11.3 Å². The van der Waals surface area contributed by atoms with E-state index in [0.717, 1.165) is 40.2 Å². The van der Waals surface area contributed by atoms with Gasteiger partial charge in [0.1, 0.15) is 0 Å². The molecule has 40 heavy (non-hydrogen) atoms. The highest BCUT2D eigenvalue weighted by Crippen LogP contribution is 2.37. The van der Waals surface area contributed by atoms with Crippen LogP contribution in [0.5, 0.6) is 0 Å². The Morgan fingerprint density at radius 2 is 1.40 bits per heavy atom. The van der Waals surface area contributed by atoms with E-state index >= 15 is 0 Å². The molecule has 2 heterocycles. The molecule has 0 fully saturated rings. The quantitative estimate of drug-likeness (QED) is 0.142. The first-order chi connectivity index (χ1) is 19.3. The fraction of sp³-hybridized carbons (Fsp3) is 0.618. The van der Waals surface area contributed by atoms with Crippen LogP contribution < -0.4 is 9.91 Å². The highest BCUT2D eigenvalue weighted by Gasteiger charge is 2.31. The molecule has 0 N–H and O–H groups in total. The van der Waals surface area contributed by atoms with Gasteiger partial charge in [-0.15, -0.1) is 0 Å². The Hall–Kier alpha value is -2.47. The van der Waals surface area contributed by atoms with E-state index in [2.05, 4.69) is 44.6 Å². The summed E-state index contributed by atoms with van der Waals surface area (Å²) in [5.74, 6) is -0.0745. The van der Waals surface area contributed by atoms with E-state index in [4.69, 9.17) is 4.98 Å². The molecule has 0 unspecified atom stereocenters. The largest absolute Gasteiger partial charge is 0.348 e. The SMILES string of the molecule is CCCCCCCCN(CCCCCCCC)c1nc(C(C)(C)C)c(/C=C2\C(=O)N(c3ccccc3)N=C2C)s1. The fourth-order valence-corrected chi connectivity index (χ4v) is 6.39. The molecule has 2 aromatic rings. The second-order valence-corrected chi connectivity index (χ2v) is 13.2. The van der Waals surface area contributed by atoms with Crippen molar-refractivity contribution in [3.8, 4) is 0 Å². The maximum absolute atomic E-state index is 13.4. The van der Waals surface area contributed by atoms with Crippen LogP contribution in [0.25, 0.3) is 6.08 Å². The second kappa shape index (κ2) is 16.1. The number of unbranched alkanes of at least 4 members (excludes halogenated alkanes) is 10. The monoisotopic (exact) mass is 564 g/mol. The number of amides is 1. The van der Waals surface area contributed by atoms with E-state index in [0.29, 0.717) is 5.57 Å². The summed E-state index contributed by atoms with van der Waals surface area (Å²) in [6, 6.07) is 9.67. The van der Waals surface area contributed by atoms with Gasteiger partial charge in [0.2, 0.25) is 0 Å². The molecule has 1 aliphatic heterocycles. The van der Waals surface area contributed by atoms with E-state index in [1.165, 1.54) is 82.1 Å². The number of carbonyl (C=O) groups is 1. The van der Waals surface area contributed by atoms with Crippen LogP contribution in [0.3, 0.4) is 0 Å². The second-order valence-electron chi connectivity index (χ2n) is 12.2. The normalized spacial score (nSPS) is 14.8. The summed E-state index contributed by atoms with van der Waals surface area (Å²) in [5, 5.41) is 7.21. The number of aromatic nitrogens is 1. The number of hydrogen-bond donors (Lipinski definition) is 0. The van der Waals surface area contributed by atoms with Gasteiger partial charge in [-0.1, -0.05) is 128 Å². The molecule has 1 aliphatic rings. The van der Waals surface area contributed by atoms with E-state index in [9.17, 15) is 4.79 Å². The minimum absolute atomic E-state index is 0.0745. The van der Waals surface area contributed by atoms with E-state index in [1.807, 2.05) is 43.3 Å². The number of nitrogens with zero attached hydrogens (tertiary/aromatic N) is 4. The fourth-order valence-electron chi connectivity index (χ4n) is 5.12. The zero-order valence-electron chi connectivity index (χ0n) is 26.0. The van der Waals surface area contributed by atoms with Crippen molar-refractivity contribution in [2.75, 3.05) is 23.0 Å². The lowest BCUT2D eigenvalue weighted by atomic mass is 9.91. The lowest BCUT2D eigenvalue weighted by molar-refractivity contribution is -0.114. The average molecular weight is 565 g/mol. The third-order valence-corrected chi connectivity index (χ3v) is 8.59. The highest BCUT2D eigenvalue weighted by molar-refractivity contribution is 7.16. The predicted molar refractivity (Wildman–Crippen MR) is 175 cm³/mol. The van der Waals surface area contributed by atoms with Gasteiger partial charge in [0, 0.05) is 18.5 Å². The summed E-state index contributed by atoms with van der Waals surface area (Å²) in [5.41, 5.74) is 3.14. The van der Waals surface area contributed by atoms with Gasteiger partial charge >= 0.3 is 0 Å². The minimum Gasteiger partial charge on any atom is -0.348 e. The molecule has 0 saturated carbocycles. The number of benzene rings is 1. The molecule has 1 amide bonds. The summed E-state index contributed by atoms with van der Waals surface area (Å²) < 4.78 is 0. The molecule has 3 rings (SSSR count). The van der Waals surface area contributed by atoms with Crippen LogP contribution in [-0.2, 0) is 10.2 Å². The lowest BCUT2D eigenvalue weighted by Crippen LogP contribution is -2.26.